The first-order valence-corrected chi connectivity index (χ1v) is 19.6. The Kier molecular flexibility index (Phi) is 7.16. The van der Waals surface area contributed by atoms with Crippen LogP contribution in [0.15, 0.2) is 200 Å². The van der Waals surface area contributed by atoms with E-state index in [2.05, 4.69) is 149 Å². The fourth-order valence-corrected chi connectivity index (χ4v) is 8.88. The number of hydrogen-bond donors (Lipinski definition) is 0. The molecular weight excluding hydrogens is 707 g/mol. The van der Waals surface area contributed by atoms with E-state index in [0.29, 0.717) is 17.5 Å². The SMILES string of the molecule is c1ccc(-c2nc(-c3ccccc3)nc(-c3ccc4cc(-n5c6ccc7ccccc7c6c6ccc7c8ccccc8n(-c8ccccc8)c7c65)ccc4c3)n2)cc1. The maximum absolute atomic E-state index is 5.01. The van der Waals surface area contributed by atoms with Gasteiger partial charge in [0.05, 0.1) is 22.1 Å². The van der Waals surface area contributed by atoms with Gasteiger partial charge in [0.25, 0.3) is 0 Å². The molecule has 5 nitrogen and oxygen atoms in total. The van der Waals surface area contributed by atoms with Crippen LogP contribution >= 0.6 is 0 Å². The van der Waals surface area contributed by atoms with Gasteiger partial charge < -0.3 is 9.13 Å². The first kappa shape index (κ1) is 32.4. The van der Waals surface area contributed by atoms with Crippen LogP contribution in [-0.4, -0.2) is 24.1 Å². The predicted molar refractivity (Wildman–Crippen MR) is 240 cm³/mol. The van der Waals surface area contributed by atoms with Crippen molar-refractivity contribution in [3.05, 3.63) is 200 Å². The van der Waals surface area contributed by atoms with Gasteiger partial charge in [-0.15, -0.1) is 0 Å². The monoisotopic (exact) mass is 739 g/mol. The molecule has 12 aromatic rings. The normalized spacial score (nSPS) is 11.8. The van der Waals surface area contributed by atoms with Crippen molar-refractivity contribution in [2.75, 3.05) is 0 Å². The molecule has 0 spiro atoms. The lowest BCUT2D eigenvalue weighted by Crippen LogP contribution is -2.00. The highest BCUT2D eigenvalue weighted by molar-refractivity contribution is 6.28. The van der Waals surface area contributed by atoms with E-state index in [-0.39, 0.29) is 0 Å². The number of nitrogens with zero attached hydrogens (tertiary/aromatic N) is 5. The molecule has 0 fully saturated rings. The molecule has 0 aliphatic rings. The van der Waals surface area contributed by atoms with E-state index in [1.54, 1.807) is 0 Å². The molecule has 270 valence electrons. The van der Waals surface area contributed by atoms with Crippen molar-refractivity contribution < 1.29 is 0 Å². The fraction of sp³-hybridized carbons (Fsp3) is 0. The highest BCUT2D eigenvalue weighted by Gasteiger charge is 2.22. The molecule has 0 amide bonds. The Hall–Kier alpha value is -7.89. The van der Waals surface area contributed by atoms with Crippen molar-refractivity contribution >= 4 is 65.2 Å². The van der Waals surface area contributed by atoms with Gasteiger partial charge in [0.2, 0.25) is 0 Å². The zero-order valence-electron chi connectivity index (χ0n) is 31.3. The van der Waals surface area contributed by atoms with E-state index in [0.717, 1.165) is 38.8 Å². The average molecular weight is 740 g/mol. The third kappa shape index (κ3) is 5.00. The molecule has 0 saturated carbocycles. The van der Waals surface area contributed by atoms with Crippen LogP contribution in [0.1, 0.15) is 0 Å². The fourth-order valence-electron chi connectivity index (χ4n) is 8.88. The highest BCUT2D eigenvalue weighted by Crippen LogP contribution is 2.44. The van der Waals surface area contributed by atoms with E-state index in [4.69, 9.17) is 15.0 Å². The van der Waals surface area contributed by atoms with Crippen LogP contribution in [0, 0.1) is 0 Å². The van der Waals surface area contributed by atoms with Crippen molar-refractivity contribution in [3.8, 4) is 45.5 Å². The zero-order valence-corrected chi connectivity index (χ0v) is 31.3. The van der Waals surface area contributed by atoms with Gasteiger partial charge in [-0.05, 0) is 64.0 Å². The second kappa shape index (κ2) is 12.8. The maximum Gasteiger partial charge on any atom is 0.164 e. The van der Waals surface area contributed by atoms with E-state index in [1.165, 1.54) is 54.4 Å². The third-order valence-electron chi connectivity index (χ3n) is 11.5. The third-order valence-corrected chi connectivity index (χ3v) is 11.5. The zero-order chi connectivity index (χ0) is 38.2. The molecule has 0 atom stereocenters. The summed E-state index contributed by atoms with van der Waals surface area (Å²) in [5.41, 5.74) is 9.83. The molecule has 0 aliphatic heterocycles. The van der Waals surface area contributed by atoms with Crippen molar-refractivity contribution in [2.24, 2.45) is 0 Å². The number of rotatable bonds is 5. The van der Waals surface area contributed by atoms with Crippen LogP contribution in [0.25, 0.3) is 111 Å². The Labute approximate surface area is 333 Å². The molecule has 0 radical (unpaired) electrons. The average Bonchev–Trinajstić information content (AvgIpc) is 3.83. The summed E-state index contributed by atoms with van der Waals surface area (Å²) in [5, 5.41) is 9.67. The van der Waals surface area contributed by atoms with Crippen LogP contribution in [0.4, 0.5) is 0 Å². The summed E-state index contributed by atoms with van der Waals surface area (Å²) in [7, 11) is 0. The lowest BCUT2D eigenvalue weighted by molar-refractivity contribution is 1.07. The molecule has 58 heavy (non-hydrogen) atoms. The van der Waals surface area contributed by atoms with Crippen molar-refractivity contribution in [2.45, 2.75) is 0 Å². The van der Waals surface area contributed by atoms with Gasteiger partial charge in [0.15, 0.2) is 17.5 Å². The van der Waals surface area contributed by atoms with Gasteiger partial charge in [-0.25, -0.2) is 15.0 Å². The van der Waals surface area contributed by atoms with E-state index in [9.17, 15) is 0 Å². The van der Waals surface area contributed by atoms with Crippen LogP contribution < -0.4 is 0 Å². The number of aromatic nitrogens is 5. The second-order valence-corrected chi connectivity index (χ2v) is 14.8. The minimum absolute atomic E-state index is 0.643. The molecule has 12 rings (SSSR count). The number of para-hydroxylation sites is 2. The molecule has 5 heteroatoms. The van der Waals surface area contributed by atoms with Gasteiger partial charge in [0, 0.05) is 49.6 Å². The topological polar surface area (TPSA) is 48.5 Å². The molecule has 3 aromatic heterocycles. The molecule has 0 unspecified atom stereocenters. The Morgan fingerprint density at radius 3 is 1.57 bits per heavy atom. The van der Waals surface area contributed by atoms with Crippen LogP contribution in [0.3, 0.4) is 0 Å². The Bertz CT molecular complexity index is 3490. The first-order chi connectivity index (χ1) is 28.8. The first-order valence-electron chi connectivity index (χ1n) is 19.6. The largest absolute Gasteiger partial charge is 0.307 e. The van der Waals surface area contributed by atoms with Gasteiger partial charge in [-0.1, -0.05) is 158 Å². The van der Waals surface area contributed by atoms with Gasteiger partial charge in [-0.3, -0.25) is 0 Å². The minimum Gasteiger partial charge on any atom is -0.307 e. The molecule has 3 heterocycles. The molecule has 0 saturated heterocycles. The molecular formula is C53H33N5. The minimum atomic E-state index is 0.643. The lowest BCUT2D eigenvalue weighted by atomic mass is 10.0. The summed E-state index contributed by atoms with van der Waals surface area (Å²) in [5.74, 6) is 1.94. The van der Waals surface area contributed by atoms with Gasteiger partial charge in [0.1, 0.15) is 0 Å². The lowest BCUT2D eigenvalue weighted by Gasteiger charge is -2.13. The van der Waals surface area contributed by atoms with E-state index < -0.39 is 0 Å². The smallest absolute Gasteiger partial charge is 0.164 e. The Morgan fingerprint density at radius 2 is 0.828 bits per heavy atom. The second-order valence-electron chi connectivity index (χ2n) is 14.8. The Balaban J connectivity index is 1.10. The molecule has 0 bridgehead atoms. The summed E-state index contributed by atoms with van der Waals surface area (Å²) >= 11 is 0. The number of fused-ring (bicyclic) bond motifs is 10. The number of benzene rings is 9. The maximum atomic E-state index is 5.01. The molecule has 9 aromatic carbocycles. The summed E-state index contributed by atoms with van der Waals surface area (Å²) in [4.78, 5) is 14.9. The Morgan fingerprint density at radius 1 is 0.293 bits per heavy atom. The number of hydrogen-bond acceptors (Lipinski definition) is 3. The summed E-state index contributed by atoms with van der Waals surface area (Å²) in [6, 6.07) is 71.0. The van der Waals surface area contributed by atoms with Crippen molar-refractivity contribution in [1.82, 2.24) is 24.1 Å². The van der Waals surface area contributed by atoms with Crippen LogP contribution in [0.2, 0.25) is 0 Å². The van der Waals surface area contributed by atoms with Crippen molar-refractivity contribution in [1.29, 1.82) is 0 Å². The predicted octanol–water partition coefficient (Wildman–Crippen LogP) is 13.4. The molecule has 0 aliphatic carbocycles. The van der Waals surface area contributed by atoms with E-state index in [1.807, 2.05) is 60.7 Å². The van der Waals surface area contributed by atoms with E-state index >= 15 is 0 Å². The van der Waals surface area contributed by atoms with Gasteiger partial charge >= 0.3 is 0 Å². The van der Waals surface area contributed by atoms with Crippen LogP contribution in [0.5, 0.6) is 0 Å². The highest BCUT2D eigenvalue weighted by atomic mass is 15.0. The summed E-state index contributed by atoms with van der Waals surface area (Å²) < 4.78 is 4.93. The van der Waals surface area contributed by atoms with Crippen LogP contribution in [-0.2, 0) is 0 Å². The quantitative estimate of drug-likeness (QED) is 0.177. The van der Waals surface area contributed by atoms with Gasteiger partial charge in [-0.2, -0.15) is 0 Å². The molecule has 0 N–H and O–H groups in total. The summed E-state index contributed by atoms with van der Waals surface area (Å²) in [6.45, 7) is 0. The summed E-state index contributed by atoms with van der Waals surface area (Å²) in [6.07, 6.45) is 0. The van der Waals surface area contributed by atoms with Crippen molar-refractivity contribution in [3.63, 3.8) is 0 Å². The standard InChI is InChI=1S/C53H33N5/c1-4-15-35(16-5-1)51-54-52(36-17-6-2-7-18-36)56-53(55-51)39-25-24-38-33-41(28-26-37(38)32-39)58-47-31-27-34-14-10-11-21-42(34)48(47)45-30-29-44-43-22-12-13-23-46(43)57(49(44)50(45)58)40-19-8-3-9-20-40/h1-33H.